The fraction of sp³-hybridized carbons (Fsp3) is 0.176. The number of nitrogens with one attached hydrogen (secondary N) is 1. The number of benzene rings is 1. The lowest BCUT2D eigenvalue weighted by molar-refractivity contribution is 0.602. The molecule has 3 N–H and O–H groups in total. The number of nitrogens with two attached hydrogens (primary N) is 1. The molecule has 0 unspecified atom stereocenters. The summed E-state index contributed by atoms with van der Waals surface area (Å²) in [6, 6.07) is 6.37. The molecular weight excluding hydrogens is 356 g/mol. The van der Waals surface area contributed by atoms with Crippen molar-refractivity contribution in [2.45, 2.75) is 18.7 Å². The Morgan fingerprint density at radius 3 is 2.48 bits per heavy atom. The average molecular weight is 377 g/mol. The number of aryl methyl sites for hydroxylation is 2. The van der Waals surface area contributed by atoms with Crippen molar-refractivity contribution in [3.63, 3.8) is 0 Å². The summed E-state index contributed by atoms with van der Waals surface area (Å²) in [7, 11) is -3.21. The van der Waals surface area contributed by atoms with Gasteiger partial charge in [-0.15, -0.1) is 11.3 Å². The molecular formula is C17H20N4O2S2. The molecule has 0 fully saturated rings. The summed E-state index contributed by atoms with van der Waals surface area (Å²) in [5, 5.41) is 3.94. The van der Waals surface area contributed by atoms with E-state index in [-0.39, 0.29) is 4.90 Å². The number of aliphatic imine (C=N–C) groups is 1. The summed E-state index contributed by atoms with van der Waals surface area (Å²) in [6.07, 6.45) is 4.42. The lowest BCUT2D eigenvalue weighted by atomic mass is 10.3. The first kappa shape index (κ1) is 18.9. The number of anilines is 1. The van der Waals surface area contributed by atoms with Crippen molar-refractivity contribution in [2.75, 3.05) is 11.6 Å². The molecule has 1 aromatic heterocycles. The largest absolute Gasteiger partial charge is 0.397 e. The molecule has 0 saturated heterocycles. The van der Waals surface area contributed by atoms with Crippen LogP contribution in [0.15, 0.2) is 52.6 Å². The van der Waals surface area contributed by atoms with Gasteiger partial charge in [0.25, 0.3) is 0 Å². The van der Waals surface area contributed by atoms with Gasteiger partial charge in [0.1, 0.15) is 5.82 Å². The van der Waals surface area contributed by atoms with E-state index in [0.29, 0.717) is 17.2 Å². The third-order valence-electron chi connectivity index (χ3n) is 3.22. The van der Waals surface area contributed by atoms with Gasteiger partial charge in [-0.25, -0.2) is 18.4 Å². The molecule has 25 heavy (non-hydrogen) atoms. The molecule has 1 aromatic carbocycles. The molecule has 2 rings (SSSR count). The van der Waals surface area contributed by atoms with E-state index >= 15 is 0 Å². The molecule has 6 nitrogen and oxygen atoms in total. The molecule has 0 aliphatic rings. The highest BCUT2D eigenvalue weighted by Gasteiger charge is 2.07. The van der Waals surface area contributed by atoms with Gasteiger partial charge < -0.3 is 11.1 Å². The zero-order valence-corrected chi connectivity index (χ0v) is 15.9. The predicted octanol–water partition coefficient (Wildman–Crippen LogP) is 3.12. The number of allylic oxidation sites excluding steroid dienone is 1. The van der Waals surface area contributed by atoms with Gasteiger partial charge in [-0.2, -0.15) is 0 Å². The van der Waals surface area contributed by atoms with Gasteiger partial charge in [0.2, 0.25) is 0 Å². The number of nitrogens with zero attached hydrogens (tertiary/aromatic N) is 2. The number of sulfone groups is 1. The Bertz CT molecular complexity index is 940. The fourth-order valence-electron chi connectivity index (χ4n) is 2.07. The Morgan fingerprint density at radius 1 is 1.32 bits per heavy atom. The van der Waals surface area contributed by atoms with Crippen LogP contribution in [0.5, 0.6) is 0 Å². The third-order valence-corrected chi connectivity index (χ3v) is 5.47. The maximum atomic E-state index is 11.4. The normalized spacial score (nSPS) is 12.5. The van der Waals surface area contributed by atoms with E-state index in [1.807, 2.05) is 13.8 Å². The van der Waals surface area contributed by atoms with Crippen molar-refractivity contribution < 1.29 is 8.42 Å². The highest BCUT2D eigenvalue weighted by atomic mass is 32.2. The molecule has 132 valence electrons. The Morgan fingerprint density at radius 2 is 1.96 bits per heavy atom. The van der Waals surface area contributed by atoms with Crippen LogP contribution in [0.3, 0.4) is 0 Å². The van der Waals surface area contributed by atoms with E-state index in [0.717, 1.165) is 15.6 Å². The van der Waals surface area contributed by atoms with E-state index in [9.17, 15) is 8.42 Å². The molecule has 1 heterocycles. The fourth-order valence-corrected chi connectivity index (χ4v) is 3.55. The molecule has 0 radical (unpaired) electrons. The maximum Gasteiger partial charge on any atom is 0.175 e. The summed E-state index contributed by atoms with van der Waals surface area (Å²) in [5.41, 5.74) is 8.22. The second kappa shape index (κ2) is 7.62. The van der Waals surface area contributed by atoms with Gasteiger partial charge in [0.05, 0.1) is 26.2 Å². The number of rotatable bonds is 6. The van der Waals surface area contributed by atoms with Crippen molar-refractivity contribution in [3.8, 4) is 0 Å². The second-order valence-corrected chi connectivity index (χ2v) is 8.63. The number of hydrogen-bond acceptors (Lipinski definition) is 7. The second-order valence-electron chi connectivity index (χ2n) is 5.42. The first-order chi connectivity index (χ1) is 11.7. The smallest absolute Gasteiger partial charge is 0.175 e. The van der Waals surface area contributed by atoms with E-state index in [2.05, 4.69) is 21.9 Å². The first-order valence-electron chi connectivity index (χ1n) is 7.37. The lowest BCUT2D eigenvalue weighted by Gasteiger charge is -2.06. The quantitative estimate of drug-likeness (QED) is 0.755. The van der Waals surface area contributed by atoms with E-state index in [1.54, 1.807) is 24.4 Å². The van der Waals surface area contributed by atoms with Gasteiger partial charge in [-0.1, -0.05) is 6.58 Å². The van der Waals surface area contributed by atoms with Crippen molar-refractivity contribution in [2.24, 2.45) is 10.7 Å². The minimum absolute atomic E-state index is 0.262. The van der Waals surface area contributed by atoms with Gasteiger partial charge in [-0.05, 0) is 44.2 Å². The molecule has 0 amide bonds. The minimum atomic E-state index is -3.21. The van der Waals surface area contributed by atoms with Crippen LogP contribution in [0.2, 0.25) is 0 Å². The van der Waals surface area contributed by atoms with Crippen LogP contribution in [0.1, 0.15) is 15.6 Å². The van der Waals surface area contributed by atoms with E-state index < -0.39 is 9.84 Å². The number of hydrogen-bond donors (Lipinski definition) is 2. The predicted molar refractivity (Wildman–Crippen MR) is 105 cm³/mol. The number of thiazole rings is 1. The van der Waals surface area contributed by atoms with Crippen molar-refractivity contribution in [1.82, 2.24) is 4.98 Å². The van der Waals surface area contributed by atoms with Crippen molar-refractivity contribution >= 4 is 38.8 Å². The first-order valence-corrected chi connectivity index (χ1v) is 10.1. The topological polar surface area (TPSA) is 97.4 Å². The summed E-state index contributed by atoms with van der Waals surface area (Å²) in [4.78, 5) is 9.70. The Labute approximate surface area is 151 Å². The highest BCUT2D eigenvalue weighted by molar-refractivity contribution is 7.90. The van der Waals surface area contributed by atoms with Crippen LogP contribution in [-0.4, -0.2) is 25.9 Å². The minimum Gasteiger partial charge on any atom is -0.397 e. The van der Waals surface area contributed by atoms with Gasteiger partial charge >= 0.3 is 0 Å². The Kier molecular flexibility index (Phi) is 5.76. The molecule has 0 saturated carbocycles. The average Bonchev–Trinajstić information content (AvgIpc) is 2.85. The Balaban J connectivity index is 2.01. The van der Waals surface area contributed by atoms with E-state index in [1.165, 1.54) is 29.7 Å². The van der Waals surface area contributed by atoms with Crippen molar-refractivity contribution in [1.29, 1.82) is 0 Å². The molecule has 0 atom stereocenters. The monoisotopic (exact) mass is 376 g/mol. The summed E-state index contributed by atoms with van der Waals surface area (Å²) >= 11 is 1.53. The SMILES string of the molecule is C=C(N=C/C=C(\N)c1sc(C)nc1C)Nc1ccc(S(C)(=O)=O)cc1. The highest BCUT2D eigenvalue weighted by Crippen LogP contribution is 2.22. The van der Waals surface area contributed by atoms with Gasteiger partial charge in [-0.3, -0.25) is 0 Å². The van der Waals surface area contributed by atoms with Gasteiger partial charge in [0.15, 0.2) is 9.84 Å². The molecule has 0 bridgehead atoms. The van der Waals surface area contributed by atoms with Crippen LogP contribution >= 0.6 is 11.3 Å². The Hall–Kier alpha value is -2.45. The zero-order valence-electron chi connectivity index (χ0n) is 14.3. The van der Waals surface area contributed by atoms with Crippen LogP contribution < -0.4 is 11.1 Å². The summed E-state index contributed by atoms with van der Waals surface area (Å²) < 4.78 is 22.9. The summed E-state index contributed by atoms with van der Waals surface area (Å²) in [6.45, 7) is 7.65. The molecule has 2 aromatic rings. The standard InChI is InChI=1S/C17H20N4O2S2/c1-11-17(24-13(3)20-11)16(18)9-10-19-12(2)21-14-5-7-15(8-6-14)25(4,22)23/h5-10,21H,2,18H2,1,3-4H3/b16-9-,19-10?. The summed E-state index contributed by atoms with van der Waals surface area (Å²) in [5.74, 6) is 0.411. The zero-order chi connectivity index (χ0) is 18.6. The van der Waals surface area contributed by atoms with Crippen molar-refractivity contribution in [3.05, 3.63) is 58.3 Å². The third kappa shape index (κ3) is 5.27. The van der Waals surface area contributed by atoms with Gasteiger partial charge in [0, 0.05) is 18.2 Å². The maximum absolute atomic E-state index is 11.4. The molecule has 0 aliphatic carbocycles. The van der Waals surface area contributed by atoms with Crippen LogP contribution in [0.25, 0.3) is 5.70 Å². The van der Waals surface area contributed by atoms with Crippen LogP contribution in [0.4, 0.5) is 5.69 Å². The van der Waals surface area contributed by atoms with Crippen LogP contribution in [-0.2, 0) is 9.84 Å². The molecule has 8 heteroatoms. The molecule has 0 spiro atoms. The van der Waals surface area contributed by atoms with E-state index in [4.69, 9.17) is 5.73 Å². The molecule has 0 aliphatic heterocycles. The number of aromatic nitrogens is 1. The lowest BCUT2D eigenvalue weighted by Crippen LogP contribution is -1.99. The van der Waals surface area contributed by atoms with Crippen LogP contribution in [0, 0.1) is 13.8 Å².